The summed E-state index contributed by atoms with van der Waals surface area (Å²) in [5, 5.41) is 5.93. The van der Waals surface area contributed by atoms with Crippen molar-refractivity contribution in [3.05, 3.63) is 53.4 Å². The molecule has 1 aromatic heterocycles. The Balaban J connectivity index is 1.49. The van der Waals surface area contributed by atoms with E-state index in [0.717, 1.165) is 0 Å². The smallest absolute Gasteiger partial charge is 0.321 e. The molecule has 8 heteroatoms. The van der Waals surface area contributed by atoms with Gasteiger partial charge in [-0.2, -0.15) is 0 Å². The molecule has 1 aliphatic heterocycles. The first-order valence-electron chi connectivity index (χ1n) is 8.25. The number of anilines is 2. The third-order valence-electron chi connectivity index (χ3n) is 4.21. The van der Waals surface area contributed by atoms with Gasteiger partial charge >= 0.3 is 6.03 Å². The standard InChI is InChI=1S/C18H18ClFN4O2/c19-13-4-5-16(21-11-13)23-17(25)12-6-8-24(9-7-12)18(26)22-15-3-1-2-14(20)10-15/h1-5,10-12H,6-9H2,(H,22,26)(H,21,23,25). The highest BCUT2D eigenvalue weighted by Crippen LogP contribution is 2.20. The summed E-state index contributed by atoms with van der Waals surface area (Å²) in [7, 11) is 0. The first-order valence-corrected chi connectivity index (χ1v) is 8.63. The Morgan fingerprint density at radius 3 is 2.58 bits per heavy atom. The molecule has 2 N–H and O–H groups in total. The first-order chi connectivity index (χ1) is 12.5. The number of nitrogens with one attached hydrogen (secondary N) is 2. The minimum Gasteiger partial charge on any atom is -0.324 e. The molecule has 26 heavy (non-hydrogen) atoms. The summed E-state index contributed by atoms with van der Waals surface area (Å²) in [6.45, 7) is 0.903. The Labute approximate surface area is 155 Å². The fourth-order valence-electron chi connectivity index (χ4n) is 2.79. The predicted molar refractivity (Wildman–Crippen MR) is 97.6 cm³/mol. The SMILES string of the molecule is O=C(Nc1ccc(Cl)cn1)C1CCN(C(=O)Nc2cccc(F)c2)CC1. The minimum atomic E-state index is -0.408. The van der Waals surface area contributed by atoms with Gasteiger partial charge in [0.15, 0.2) is 0 Å². The second kappa shape index (κ2) is 8.14. The lowest BCUT2D eigenvalue weighted by Gasteiger charge is -2.31. The van der Waals surface area contributed by atoms with Gasteiger partial charge in [0, 0.05) is 30.9 Å². The fourth-order valence-corrected chi connectivity index (χ4v) is 2.90. The second-order valence-corrected chi connectivity index (χ2v) is 6.49. The molecular formula is C18H18ClFN4O2. The number of carbonyl (C=O) groups excluding carboxylic acids is 2. The number of likely N-dealkylation sites (tertiary alicyclic amines) is 1. The second-order valence-electron chi connectivity index (χ2n) is 6.05. The van der Waals surface area contributed by atoms with E-state index in [4.69, 9.17) is 11.6 Å². The van der Waals surface area contributed by atoms with E-state index in [9.17, 15) is 14.0 Å². The van der Waals surface area contributed by atoms with Crippen LogP contribution in [0.15, 0.2) is 42.6 Å². The van der Waals surface area contributed by atoms with Crippen LogP contribution in [0.3, 0.4) is 0 Å². The maximum absolute atomic E-state index is 13.2. The highest BCUT2D eigenvalue weighted by atomic mass is 35.5. The number of halogens is 2. The number of pyridine rings is 1. The number of carbonyl (C=O) groups is 2. The molecule has 0 spiro atoms. The van der Waals surface area contributed by atoms with Crippen LogP contribution in [0.5, 0.6) is 0 Å². The van der Waals surface area contributed by atoms with E-state index < -0.39 is 5.82 Å². The Hall–Kier alpha value is -2.67. The van der Waals surface area contributed by atoms with Crippen LogP contribution in [0.2, 0.25) is 5.02 Å². The van der Waals surface area contributed by atoms with Crippen LogP contribution in [0, 0.1) is 11.7 Å². The molecule has 0 bridgehead atoms. The molecule has 0 aliphatic carbocycles. The van der Waals surface area contributed by atoms with Gasteiger partial charge in [-0.05, 0) is 43.2 Å². The maximum atomic E-state index is 13.2. The molecular weight excluding hydrogens is 359 g/mol. The van der Waals surface area contributed by atoms with Gasteiger partial charge in [-0.15, -0.1) is 0 Å². The van der Waals surface area contributed by atoms with Gasteiger partial charge in [0.1, 0.15) is 11.6 Å². The molecule has 0 atom stereocenters. The highest BCUT2D eigenvalue weighted by molar-refractivity contribution is 6.30. The average Bonchev–Trinajstić information content (AvgIpc) is 2.64. The van der Waals surface area contributed by atoms with Crippen LogP contribution in [-0.4, -0.2) is 34.9 Å². The molecule has 2 aromatic rings. The zero-order chi connectivity index (χ0) is 18.5. The van der Waals surface area contributed by atoms with Crippen LogP contribution < -0.4 is 10.6 Å². The van der Waals surface area contributed by atoms with Crippen LogP contribution >= 0.6 is 11.6 Å². The van der Waals surface area contributed by atoms with Crippen LogP contribution in [0.4, 0.5) is 20.7 Å². The van der Waals surface area contributed by atoms with Crippen molar-refractivity contribution in [2.75, 3.05) is 23.7 Å². The molecule has 1 saturated heterocycles. The highest BCUT2D eigenvalue weighted by Gasteiger charge is 2.27. The maximum Gasteiger partial charge on any atom is 0.321 e. The Morgan fingerprint density at radius 1 is 1.15 bits per heavy atom. The summed E-state index contributed by atoms with van der Waals surface area (Å²) in [6, 6.07) is 8.73. The van der Waals surface area contributed by atoms with E-state index in [0.29, 0.717) is 42.5 Å². The zero-order valence-electron chi connectivity index (χ0n) is 13.9. The molecule has 1 aliphatic rings. The van der Waals surface area contributed by atoms with E-state index in [1.807, 2.05) is 0 Å². The number of amides is 3. The van der Waals surface area contributed by atoms with Crippen molar-refractivity contribution in [1.29, 1.82) is 0 Å². The Kier molecular flexibility index (Phi) is 5.68. The zero-order valence-corrected chi connectivity index (χ0v) is 14.7. The number of benzene rings is 1. The van der Waals surface area contributed by atoms with Gasteiger partial charge in [0.2, 0.25) is 5.91 Å². The lowest BCUT2D eigenvalue weighted by Crippen LogP contribution is -2.43. The van der Waals surface area contributed by atoms with Crippen molar-refractivity contribution in [3.63, 3.8) is 0 Å². The summed E-state index contributed by atoms with van der Waals surface area (Å²) in [4.78, 5) is 30.2. The van der Waals surface area contributed by atoms with Gasteiger partial charge < -0.3 is 15.5 Å². The molecule has 3 rings (SSSR count). The first kappa shape index (κ1) is 18.1. The van der Waals surface area contributed by atoms with E-state index >= 15 is 0 Å². The van der Waals surface area contributed by atoms with E-state index in [1.54, 1.807) is 23.1 Å². The average molecular weight is 377 g/mol. The summed E-state index contributed by atoms with van der Waals surface area (Å²) in [5.41, 5.74) is 0.406. The monoisotopic (exact) mass is 376 g/mol. The molecule has 0 radical (unpaired) electrons. The number of nitrogens with zero attached hydrogens (tertiary/aromatic N) is 2. The van der Waals surface area contributed by atoms with E-state index in [1.165, 1.54) is 24.4 Å². The number of urea groups is 1. The fraction of sp³-hybridized carbons (Fsp3) is 0.278. The Morgan fingerprint density at radius 2 is 1.92 bits per heavy atom. The summed E-state index contributed by atoms with van der Waals surface area (Å²) in [5.74, 6) is -0.268. The Bertz CT molecular complexity index is 792. The third-order valence-corrected chi connectivity index (χ3v) is 4.43. The summed E-state index contributed by atoms with van der Waals surface area (Å²) < 4.78 is 13.2. The number of hydrogen-bond acceptors (Lipinski definition) is 3. The number of aromatic nitrogens is 1. The predicted octanol–water partition coefficient (Wildman–Crippen LogP) is 3.76. The quantitative estimate of drug-likeness (QED) is 0.856. The van der Waals surface area contributed by atoms with Crippen molar-refractivity contribution in [1.82, 2.24) is 9.88 Å². The van der Waals surface area contributed by atoms with Crippen LogP contribution in [0.1, 0.15) is 12.8 Å². The lowest BCUT2D eigenvalue weighted by atomic mass is 9.96. The molecule has 1 fully saturated rings. The van der Waals surface area contributed by atoms with Crippen molar-refractivity contribution in [3.8, 4) is 0 Å². The molecule has 6 nitrogen and oxygen atoms in total. The topological polar surface area (TPSA) is 74.3 Å². The number of rotatable bonds is 3. The van der Waals surface area contributed by atoms with Crippen LogP contribution in [0.25, 0.3) is 0 Å². The van der Waals surface area contributed by atoms with Crippen molar-refractivity contribution >= 4 is 35.0 Å². The molecule has 136 valence electrons. The lowest BCUT2D eigenvalue weighted by molar-refractivity contribution is -0.121. The van der Waals surface area contributed by atoms with Crippen molar-refractivity contribution < 1.29 is 14.0 Å². The van der Waals surface area contributed by atoms with E-state index in [2.05, 4.69) is 15.6 Å². The largest absolute Gasteiger partial charge is 0.324 e. The van der Waals surface area contributed by atoms with Gasteiger partial charge in [-0.25, -0.2) is 14.2 Å². The van der Waals surface area contributed by atoms with Gasteiger partial charge in [0.25, 0.3) is 0 Å². The van der Waals surface area contributed by atoms with Crippen molar-refractivity contribution in [2.45, 2.75) is 12.8 Å². The third kappa shape index (κ3) is 4.70. The van der Waals surface area contributed by atoms with Crippen LogP contribution in [-0.2, 0) is 4.79 Å². The van der Waals surface area contributed by atoms with Gasteiger partial charge in [-0.1, -0.05) is 17.7 Å². The normalized spacial score (nSPS) is 14.8. The molecule has 0 unspecified atom stereocenters. The van der Waals surface area contributed by atoms with E-state index in [-0.39, 0.29) is 17.9 Å². The van der Waals surface area contributed by atoms with Crippen molar-refractivity contribution in [2.24, 2.45) is 5.92 Å². The molecule has 1 aromatic carbocycles. The number of hydrogen-bond donors (Lipinski definition) is 2. The molecule has 2 heterocycles. The molecule has 3 amide bonds. The summed E-state index contributed by atoms with van der Waals surface area (Å²) in [6.07, 6.45) is 2.57. The van der Waals surface area contributed by atoms with Gasteiger partial charge in [-0.3, -0.25) is 4.79 Å². The van der Waals surface area contributed by atoms with Gasteiger partial charge in [0.05, 0.1) is 5.02 Å². The summed E-state index contributed by atoms with van der Waals surface area (Å²) >= 11 is 5.77. The molecule has 0 saturated carbocycles. The number of piperidine rings is 1. The minimum absolute atomic E-state index is 0.120.